The fourth-order valence-corrected chi connectivity index (χ4v) is 3.60. The van der Waals surface area contributed by atoms with Crippen molar-refractivity contribution in [1.29, 1.82) is 0 Å². The minimum atomic E-state index is -0.437. The molecule has 0 aliphatic carbocycles. The minimum absolute atomic E-state index is 0.0181. The second kappa shape index (κ2) is 9.82. The molecule has 2 saturated heterocycles. The zero-order valence-electron chi connectivity index (χ0n) is 15.8. The smallest absolute Gasteiger partial charge is 0.253 e. The predicted molar refractivity (Wildman–Crippen MR) is 106 cm³/mol. The van der Waals surface area contributed by atoms with E-state index >= 15 is 0 Å². The number of likely N-dealkylation sites (tertiary alicyclic amines) is 1. The number of rotatable bonds is 7. The van der Waals surface area contributed by atoms with Gasteiger partial charge in [0.15, 0.2) is 0 Å². The summed E-state index contributed by atoms with van der Waals surface area (Å²) in [4.78, 5) is 26.7. The molecule has 7 heteroatoms. The first kappa shape index (κ1) is 19.8. The summed E-state index contributed by atoms with van der Waals surface area (Å²) >= 11 is 0. The first-order valence-corrected chi connectivity index (χ1v) is 9.92. The van der Waals surface area contributed by atoms with Crippen LogP contribution < -0.4 is 16.4 Å². The minimum Gasteiger partial charge on any atom is -0.364 e. The summed E-state index contributed by atoms with van der Waals surface area (Å²) in [5, 5.41) is 5.77. The highest BCUT2D eigenvalue weighted by molar-refractivity contribution is 5.95. The third-order valence-corrected chi connectivity index (χ3v) is 5.20. The summed E-state index contributed by atoms with van der Waals surface area (Å²) in [5.74, 6) is -0.131. The summed E-state index contributed by atoms with van der Waals surface area (Å²) in [7, 11) is 0. The molecule has 0 spiro atoms. The Labute approximate surface area is 160 Å². The number of nitrogens with zero attached hydrogens (tertiary/aromatic N) is 1. The number of piperidine rings is 1. The van der Waals surface area contributed by atoms with Gasteiger partial charge in [-0.3, -0.25) is 9.59 Å². The van der Waals surface area contributed by atoms with Gasteiger partial charge in [0.2, 0.25) is 5.91 Å². The molecule has 2 aliphatic heterocycles. The van der Waals surface area contributed by atoms with E-state index in [-0.39, 0.29) is 17.9 Å². The number of amides is 2. The average Bonchev–Trinajstić information content (AvgIpc) is 3.18. The molecule has 27 heavy (non-hydrogen) atoms. The Kier molecular flexibility index (Phi) is 7.20. The monoisotopic (exact) mass is 374 g/mol. The predicted octanol–water partition coefficient (Wildman–Crippen LogP) is 1.95. The molecule has 0 aromatic heterocycles. The van der Waals surface area contributed by atoms with Crippen LogP contribution in [-0.4, -0.2) is 55.1 Å². The van der Waals surface area contributed by atoms with Gasteiger partial charge in [-0.05, 0) is 63.0 Å². The molecular weight excluding hydrogens is 344 g/mol. The number of hydrogen-bond donors (Lipinski definition) is 3. The number of benzene rings is 1. The Hall–Kier alpha value is -1.96. The molecule has 1 aromatic carbocycles. The van der Waals surface area contributed by atoms with Gasteiger partial charge in [0, 0.05) is 30.9 Å². The van der Waals surface area contributed by atoms with E-state index in [4.69, 9.17) is 10.5 Å². The largest absolute Gasteiger partial charge is 0.364 e. The molecule has 148 valence electrons. The van der Waals surface area contributed by atoms with Crippen molar-refractivity contribution in [1.82, 2.24) is 4.90 Å². The van der Waals surface area contributed by atoms with E-state index < -0.39 is 6.10 Å². The molecule has 7 nitrogen and oxygen atoms in total. The summed E-state index contributed by atoms with van der Waals surface area (Å²) in [6.07, 6.45) is 5.30. The van der Waals surface area contributed by atoms with Gasteiger partial charge in [-0.1, -0.05) is 6.42 Å². The topological polar surface area (TPSA) is 96.7 Å². The van der Waals surface area contributed by atoms with Crippen LogP contribution >= 0.6 is 0 Å². The van der Waals surface area contributed by atoms with Crippen molar-refractivity contribution in [3.05, 3.63) is 24.3 Å². The molecule has 2 fully saturated rings. The number of nitrogens with two attached hydrogens (primary N) is 1. The van der Waals surface area contributed by atoms with Crippen molar-refractivity contribution >= 4 is 23.2 Å². The maximum atomic E-state index is 12.2. The van der Waals surface area contributed by atoms with Gasteiger partial charge in [0.25, 0.3) is 5.91 Å². The van der Waals surface area contributed by atoms with Gasteiger partial charge < -0.3 is 26.0 Å². The summed E-state index contributed by atoms with van der Waals surface area (Å²) in [5.41, 5.74) is 6.99. The van der Waals surface area contributed by atoms with Crippen molar-refractivity contribution in [2.24, 2.45) is 5.73 Å². The average molecular weight is 374 g/mol. The normalized spacial score (nSPS) is 23.1. The number of anilines is 2. The molecule has 2 heterocycles. The SMILES string of the molecule is NC[C@H]1CC[C@@H](C(=O)Nc2ccc(NC(=O)CCN3CCCCC3)cc2)O1. The van der Waals surface area contributed by atoms with Crippen molar-refractivity contribution in [2.45, 2.75) is 50.7 Å². The third kappa shape index (κ3) is 6.02. The fourth-order valence-electron chi connectivity index (χ4n) is 3.60. The third-order valence-electron chi connectivity index (χ3n) is 5.20. The summed E-state index contributed by atoms with van der Waals surface area (Å²) < 4.78 is 5.60. The first-order valence-electron chi connectivity index (χ1n) is 9.92. The molecule has 3 rings (SSSR count). The lowest BCUT2D eigenvalue weighted by molar-refractivity contribution is -0.126. The lowest BCUT2D eigenvalue weighted by atomic mass is 10.1. The van der Waals surface area contributed by atoms with E-state index in [1.54, 1.807) is 24.3 Å². The van der Waals surface area contributed by atoms with Crippen LogP contribution in [0.15, 0.2) is 24.3 Å². The number of nitrogens with one attached hydrogen (secondary N) is 2. The Balaban J connectivity index is 1.41. The molecular formula is C20H30N4O3. The van der Waals surface area contributed by atoms with Crippen molar-refractivity contribution in [2.75, 3.05) is 36.8 Å². The lowest BCUT2D eigenvalue weighted by Gasteiger charge is -2.25. The fraction of sp³-hybridized carbons (Fsp3) is 0.600. The molecule has 2 atom stereocenters. The quantitative estimate of drug-likeness (QED) is 0.678. The Morgan fingerprint density at radius 3 is 2.33 bits per heavy atom. The maximum Gasteiger partial charge on any atom is 0.253 e. The standard InChI is InChI=1S/C20H30N4O3/c21-14-17-8-9-18(27-17)20(26)23-16-6-4-15(5-7-16)22-19(25)10-13-24-11-2-1-3-12-24/h4-7,17-18H,1-3,8-14,21H2,(H,22,25)(H,23,26)/t17-,18+/m1/s1. The molecule has 0 bridgehead atoms. The Bertz CT molecular complexity index is 629. The van der Waals surface area contributed by atoms with Crippen LogP contribution in [0.3, 0.4) is 0 Å². The molecule has 0 saturated carbocycles. The van der Waals surface area contributed by atoms with Gasteiger partial charge in [0.05, 0.1) is 6.10 Å². The van der Waals surface area contributed by atoms with Gasteiger partial charge in [-0.15, -0.1) is 0 Å². The highest BCUT2D eigenvalue weighted by Crippen LogP contribution is 2.21. The molecule has 4 N–H and O–H groups in total. The van der Waals surface area contributed by atoms with E-state index in [0.29, 0.717) is 25.1 Å². The van der Waals surface area contributed by atoms with E-state index in [0.717, 1.165) is 31.7 Å². The van der Waals surface area contributed by atoms with E-state index in [1.165, 1.54) is 19.3 Å². The molecule has 0 radical (unpaired) electrons. The maximum absolute atomic E-state index is 12.2. The van der Waals surface area contributed by atoms with Crippen LogP contribution in [-0.2, 0) is 14.3 Å². The highest BCUT2D eigenvalue weighted by atomic mass is 16.5. The summed E-state index contributed by atoms with van der Waals surface area (Å²) in [6, 6.07) is 7.17. The van der Waals surface area contributed by atoms with Crippen LogP contribution in [0.2, 0.25) is 0 Å². The van der Waals surface area contributed by atoms with E-state index in [2.05, 4.69) is 15.5 Å². The van der Waals surface area contributed by atoms with Crippen LogP contribution in [0.5, 0.6) is 0 Å². The number of carbonyl (C=O) groups excluding carboxylic acids is 2. The highest BCUT2D eigenvalue weighted by Gasteiger charge is 2.29. The number of carbonyl (C=O) groups is 2. The second-order valence-corrected chi connectivity index (χ2v) is 7.33. The second-order valence-electron chi connectivity index (χ2n) is 7.33. The van der Waals surface area contributed by atoms with Crippen LogP contribution in [0.1, 0.15) is 38.5 Å². The Morgan fingerprint density at radius 2 is 1.70 bits per heavy atom. The van der Waals surface area contributed by atoms with Gasteiger partial charge in [0.1, 0.15) is 6.10 Å². The first-order chi connectivity index (χ1) is 13.1. The molecule has 2 aliphatic rings. The van der Waals surface area contributed by atoms with Gasteiger partial charge in [-0.2, -0.15) is 0 Å². The van der Waals surface area contributed by atoms with Crippen molar-refractivity contribution in [3.8, 4) is 0 Å². The molecule has 0 unspecified atom stereocenters. The van der Waals surface area contributed by atoms with Crippen molar-refractivity contribution in [3.63, 3.8) is 0 Å². The van der Waals surface area contributed by atoms with Crippen LogP contribution in [0.4, 0.5) is 11.4 Å². The van der Waals surface area contributed by atoms with E-state index in [1.807, 2.05) is 0 Å². The van der Waals surface area contributed by atoms with Crippen LogP contribution in [0.25, 0.3) is 0 Å². The lowest BCUT2D eigenvalue weighted by Crippen LogP contribution is -2.32. The zero-order chi connectivity index (χ0) is 19.1. The Morgan fingerprint density at radius 1 is 1.04 bits per heavy atom. The number of ether oxygens (including phenoxy) is 1. The van der Waals surface area contributed by atoms with Gasteiger partial charge >= 0.3 is 0 Å². The van der Waals surface area contributed by atoms with Crippen LogP contribution in [0, 0.1) is 0 Å². The van der Waals surface area contributed by atoms with Crippen molar-refractivity contribution < 1.29 is 14.3 Å². The summed E-state index contributed by atoms with van der Waals surface area (Å²) in [6.45, 7) is 3.44. The van der Waals surface area contributed by atoms with Gasteiger partial charge in [-0.25, -0.2) is 0 Å². The zero-order valence-corrected chi connectivity index (χ0v) is 15.8. The van der Waals surface area contributed by atoms with E-state index in [9.17, 15) is 9.59 Å². The molecule has 2 amide bonds. The molecule has 1 aromatic rings. The number of hydrogen-bond acceptors (Lipinski definition) is 5.